The van der Waals surface area contributed by atoms with Crippen LogP contribution in [0.25, 0.3) is 123 Å². The van der Waals surface area contributed by atoms with Gasteiger partial charge in [0.1, 0.15) is 0 Å². The number of nitrogens with zero attached hydrogens (tertiary/aromatic N) is 8. The molecule has 0 saturated carbocycles. The minimum absolute atomic E-state index is 0.536. The number of hydrogen-bond donors (Lipinski definition) is 0. The maximum Gasteiger partial charge on any atom is 0.238 e. The summed E-state index contributed by atoms with van der Waals surface area (Å²) in [5, 5.41) is 4.40. The van der Waals surface area contributed by atoms with Crippen LogP contribution in [0.1, 0.15) is 0 Å². The molecule has 0 bridgehead atoms. The summed E-state index contributed by atoms with van der Waals surface area (Å²) in [5.74, 6) is 3.50. The molecule has 0 aliphatic rings. The number of aromatic nitrogens is 8. The molecule has 13 aromatic rings. The molecule has 0 atom stereocenters. The van der Waals surface area contributed by atoms with Gasteiger partial charge in [-0.1, -0.05) is 200 Å². The average molecular weight is 871 g/mol. The highest BCUT2D eigenvalue weighted by molar-refractivity contribution is 6.26. The van der Waals surface area contributed by atoms with Crippen molar-refractivity contribution in [2.45, 2.75) is 0 Å². The Morgan fingerprint density at radius 1 is 0.250 bits per heavy atom. The van der Waals surface area contributed by atoms with Crippen LogP contribution in [-0.4, -0.2) is 39.0 Å². The lowest BCUT2D eigenvalue weighted by Crippen LogP contribution is -2.06. The lowest BCUT2D eigenvalue weighted by molar-refractivity contribution is 0.953. The number of para-hydroxylation sites is 3. The summed E-state index contributed by atoms with van der Waals surface area (Å²) < 4.78 is 4.57. The van der Waals surface area contributed by atoms with Crippen LogP contribution >= 0.6 is 0 Å². The fraction of sp³-hybridized carbons (Fsp3) is 0. The molecule has 0 saturated heterocycles. The zero-order chi connectivity index (χ0) is 45.0. The lowest BCUT2D eigenvalue weighted by atomic mass is 10.0. The Morgan fingerprint density at radius 3 is 1.25 bits per heavy atom. The van der Waals surface area contributed by atoms with Crippen molar-refractivity contribution in [2.75, 3.05) is 0 Å². The van der Waals surface area contributed by atoms with Gasteiger partial charge in [0.15, 0.2) is 29.1 Å². The van der Waals surface area contributed by atoms with Gasteiger partial charge in [-0.3, -0.25) is 4.57 Å². The van der Waals surface area contributed by atoms with Gasteiger partial charge in [-0.25, -0.2) is 19.9 Å². The summed E-state index contributed by atoms with van der Waals surface area (Å²) in [5.41, 5.74) is 11.8. The summed E-state index contributed by atoms with van der Waals surface area (Å²) in [7, 11) is 0. The monoisotopic (exact) mass is 870 g/mol. The van der Waals surface area contributed by atoms with E-state index in [2.05, 4.69) is 143 Å². The third-order valence-electron chi connectivity index (χ3n) is 12.7. The van der Waals surface area contributed by atoms with Crippen LogP contribution < -0.4 is 0 Å². The Morgan fingerprint density at radius 2 is 0.662 bits per heavy atom. The molecular weight excluding hydrogens is 833 g/mol. The highest BCUT2D eigenvalue weighted by Crippen LogP contribution is 2.43. The average Bonchev–Trinajstić information content (AvgIpc) is 3.95. The van der Waals surface area contributed by atoms with Crippen molar-refractivity contribution < 1.29 is 0 Å². The van der Waals surface area contributed by atoms with E-state index in [-0.39, 0.29) is 0 Å². The number of fused-ring (bicyclic) bond motifs is 7. The van der Waals surface area contributed by atoms with E-state index in [0.717, 1.165) is 88.2 Å². The van der Waals surface area contributed by atoms with Gasteiger partial charge < -0.3 is 4.57 Å². The third-order valence-corrected chi connectivity index (χ3v) is 12.7. The van der Waals surface area contributed by atoms with Gasteiger partial charge in [-0.05, 0) is 41.5 Å². The molecule has 9 aromatic carbocycles. The molecule has 0 unspecified atom stereocenters. The van der Waals surface area contributed by atoms with Gasteiger partial charge in [-0.15, -0.1) is 0 Å². The molecule has 0 spiro atoms. The van der Waals surface area contributed by atoms with Crippen LogP contribution in [0.5, 0.6) is 0 Å². The molecule has 68 heavy (non-hydrogen) atoms. The summed E-state index contributed by atoms with van der Waals surface area (Å²) in [6.07, 6.45) is 0. The van der Waals surface area contributed by atoms with Gasteiger partial charge >= 0.3 is 0 Å². The second-order valence-electron chi connectivity index (χ2n) is 16.7. The molecule has 13 rings (SSSR count). The first kappa shape index (κ1) is 39.0. The first-order valence-electron chi connectivity index (χ1n) is 22.6. The molecule has 318 valence electrons. The van der Waals surface area contributed by atoms with E-state index in [0.29, 0.717) is 35.1 Å². The minimum atomic E-state index is 0.536. The van der Waals surface area contributed by atoms with E-state index < -0.39 is 0 Å². The predicted octanol–water partition coefficient (Wildman–Crippen LogP) is 14.3. The van der Waals surface area contributed by atoms with Gasteiger partial charge in [0.25, 0.3) is 0 Å². The van der Waals surface area contributed by atoms with E-state index in [1.165, 1.54) is 0 Å². The van der Waals surface area contributed by atoms with Crippen LogP contribution in [-0.2, 0) is 0 Å². The van der Waals surface area contributed by atoms with Crippen LogP contribution in [0.15, 0.2) is 231 Å². The SMILES string of the molecule is c1ccc(-c2ccc(-c3nc(-c4ccccc4)nc(-c4ccccc4-n4c5ccccc5c5ccc6c(c7ccccc7n6-c6nc(-c7ccccc7)nc(-c7ccccc7)n6)c54)n3)cc2)cc1. The van der Waals surface area contributed by atoms with E-state index in [9.17, 15) is 0 Å². The quantitative estimate of drug-likeness (QED) is 0.151. The van der Waals surface area contributed by atoms with Crippen molar-refractivity contribution in [3.8, 4) is 79.7 Å². The molecule has 4 aromatic heterocycles. The predicted molar refractivity (Wildman–Crippen MR) is 275 cm³/mol. The molecule has 4 heterocycles. The van der Waals surface area contributed by atoms with Crippen molar-refractivity contribution in [1.82, 2.24) is 39.0 Å². The van der Waals surface area contributed by atoms with Crippen LogP contribution in [0.3, 0.4) is 0 Å². The summed E-state index contributed by atoms with van der Waals surface area (Å²) in [6, 6.07) is 79.3. The Labute approximate surface area is 391 Å². The first-order chi connectivity index (χ1) is 33.7. The minimum Gasteiger partial charge on any atom is -0.308 e. The molecule has 0 aliphatic carbocycles. The highest BCUT2D eigenvalue weighted by atomic mass is 15.2. The van der Waals surface area contributed by atoms with Gasteiger partial charge in [0.2, 0.25) is 5.95 Å². The molecule has 0 N–H and O–H groups in total. The second kappa shape index (κ2) is 16.2. The summed E-state index contributed by atoms with van der Waals surface area (Å²) in [4.78, 5) is 31.1. The third kappa shape index (κ3) is 6.62. The van der Waals surface area contributed by atoms with E-state index >= 15 is 0 Å². The smallest absolute Gasteiger partial charge is 0.238 e. The van der Waals surface area contributed by atoms with Crippen molar-refractivity contribution >= 4 is 43.6 Å². The topological polar surface area (TPSA) is 87.2 Å². The van der Waals surface area contributed by atoms with Crippen molar-refractivity contribution in [3.05, 3.63) is 231 Å². The fourth-order valence-electron chi connectivity index (χ4n) is 9.51. The Bertz CT molecular complexity index is 3940. The largest absolute Gasteiger partial charge is 0.308 e. The molecule has 0 amide bonds. The van der Waals surface area contributed by atoms with Crippen LogP contribution in [0.4, 0.5) is 0 Å². The van der Waals surface area contributed by atoms with E-state index in [4.69, 9.17) is 29.9 Å². The molecular formula is C60H38N8. The zero-order valence-corrected chi connectivity index (χ0v) is 36.5. The molecule has 0 aliphatic heterocycles. The van der Waals surface area contributed by atoms with Crippen LogP contribution in [0, 0.1) is 0 Å². The number of rotatable bonds is 8. The Kier molecular flexibility index (Phi) is 9.31. The first-order valence-corrected chi connectivity index (χ1v) is 22.6. The van der Waals surface area contributed by atoms with Crippen molar-refractivity contribution in [2.24, 2.45) is 0 Å². The van der Waals surface area contributed by atoms with Gasteiger partial charge in [0, 0.05) is 49.4 Å². The van der Waals surface area contributed by atoms with Crippen molar-refractivity contribution in [3.63, 3.8) is 0 Å². The number of benzene rings is 9. The zero-order valence-electron chi connectivity index (χ0n) is 36.5. The lowest BCUT2D eigenvalue weighted by Gasteiger charge is -2.15. The Balaban J connectivity index is 1.06. The van der Waals surface area contributed by atoms with Gasteiger partial charge in [0.05, 0.1) is 27.8 Å². The summed E-state index contributed by atoms with van der Waals surface area (Å²) >= 11 is 0. The molecule has 8 nitrogen and oxygen atoms in total. The molecule has 8 heteroatoms. The standard InChI is InChI=1S/C60H38N8/c1-5-19-39(20-6-1)40-33-35-44(36-34-40)56-61-55(41-21-7-2-8-22-41)63-59(64-56)48-29-15-18-32-51(48)67-49-30-16-13-27-45(49)46-37-38-52-53(54(46)67)47-28-14-17-31-50(47)68(52)60-65-57(42-23-9-3-10-24-42)62-58(66-60)43-25-11-4-12-26-43/h1-38H. The maximum atomic E-state index is 5.29. The number of hydrogen-bond acceptors (Lipinski definition) is 6. The van der Waals surface area contributed by atoms with E-state index in [1.807, 2.05) is 97.1 Å². The summed E-state index contributed by atoms with van der Waals surface area (Å²) in [6.45, 7) is 0. The Hall–Kier alpha value is -9.40. The van der Waals surface area contributed by atoms with Crippen molar-refractivity contribution in [1.29, 1.82) is 0 Å². The highest BCUT2D eigenvalue weighted by Gasteiger charge is 2.25. The normalized spacial score (nSPS) is 11.5. The maximum absolute atomic E-state index is 5.29. The van der Waals surface area contributed by atoms with Gasteiger partial charge in [-0.2, -0.15) is 9.97 Å². The molecule has 0 fully saturated rings. The van der Waals surface area contributed by atoms with Crippen LogP contribution in [0.2, 0.25) is 0 Å². The fourth-order valence-corrected chi connectivity index (χ4v) is 9.51. The van der Waals surface area contributed by atoms with E-state index in [1.54, 1.807) is 0 Å². The molecule has 0 radical (unpaired) electrons. The second-order valence-corrected chi connectivity index (χ2v) is 16.7.